The third-order valence-electron chi connectivity index (χ3n) is 8.79. The maximum Gasteiger partial charge on any atom is 0.333 e. The fraction of sp³-hybridized carbons (Fsp3) is 0.429. The Balaban J connectivity index is 2.05. The SMILES string of the molecule is [C-]#[N+]/C(=C/C(=C/c1ccc2c(c1)CCc1cc(/C=C(/C=C(/C#N)OC=O)CCCCC)ccc1N2CCCCCC)CCCCC)C(=O)O. The Kier molecular flexibility index (Phi) is 16.7. The Morgan fingerprint density at radius 2 is 1.39 bits per heavy atom. The zero-order valence-electron chi connectivity index (χ0n) is 29.5. The quantitative estimate of drug-likeness (QED) is 0.0289. The predicted molar refractivity (Wildman–Crippen MR) is 199 cm³/mol. The summed E-state index contributed by atoms with van der Waals surface area (Å²) in [7, 11) is 0. The van der Waals surface area contributed by atoms with Gasteiger partial charge in [-0.3, -0.25) is 9.59 Å². The van der Waals surface area contributed by atoms with Crippen LogP contribution in [0.4, 0.5) is 11.4 Å². The number of allylic oxidation sites excluding steroid dienone is 5. The number of aliphatic carboxylic acids is 1. The first kappa shape index (κ1) is 38.6. The van der Waals surface area contributed by atoms with Crippen LogP contribution < -0.4 is 4.90 Å². The number of benzene rings is 2. The van der Waals surface area contributed by atoms with E-state index in [-0.39, 0.29) is 11.5 Å². The number of carbonyl (C=O) groups excluding carboxylic acids is 1. The number of hydrogen-bond acceptors (Lipinski definition) is 5. The van der Waals surface area contributed by atoms with Gasteiger partial charge in [-0.1, -0.05) is 95.6 Å². The molecule has 2 aromatic carbocycles. The van der Waals surface area contributed by atoms with Crippen molar-refractivity contribution in [2.45, 2.75) is 111 Å². The van der Waals surface area contributed by atoms with Crippen LogP contribution in [0.3, 0.4) is 0 Å². The number of anilines is 2. The van der Waals surface area contributed by atoms with Gasteiger partial charge in [0.2, 0.25) is 5.76 Å². The predicted octanol–water partition coefficient (Wildman–Crippen LogP) is 10.9. The molecule has 7 nitrogen and oxygen atoms in total. The van der Waals surface area contributed by atoms with Crippen molar-refractivity contribution in [3.63, 3.8) is 0 Å². The van der Waals surface area contributed by atoms with Gasteiger partial charge in [-0.2, -0.15) is 5.26 Å². The van der Waals surface area contributed by atoms with Gasteiger partial charge in [-0.15, -0.1) is 0 Å². The number of nitrogens with zero attached hydrogens (tertiary/aromatic N) is 3. The summed E-state index contributed by atoms with van der Waals surface area (Å²) in [6, 6.07) is 15.1. The highest BCUT2D eigenvalue weighted by Crippen LogP contribution is 2.38. The van der Waals surface area contributed by atoms with Crippen molar-refractivity contribution in [3.05, 3.63) is 105 Å². The molecule has 0 aliphatic carbocycles. The van der Waals surface area contributed by atoms with Crippen molar-refractivity contribution in [1.82, 2.24) is 0 Å². The lowest BCUT2D eigenvalue weighted by atomic mass is 9.98. The summed E-state index contributed by atoms with van der Waals surface area (Å²) >= 11 is 0. The van der Waals surface area contributed by atoms with E-state index in [9.17, 15) is 20.0 Å². The topological polar surface area (TPSA) is 95.0 Å². The molecule has 0 radical (unpaired) electrons. The van der Waals surface area contributed by atoms with Crippen molar-refractivity contribution in [3.8, 4) is 6.07 Å². The van der Waals surface area contributed by atoms with Gasteiger partial charge >= 0.3 is 5.97 Å². The minimum absolute atomic E-state index is 0.0108. The molecule has 1 aliphatic rings. The summed E-state index contributed by atoms with van der Waals surface area (Å²) in [6.45, 7) is 15.1. The maximum absolute atomic E-state index is 11.6. The highest BCUT2D eigenvalue weighted by Gasteiger charge is 2.21. The second kappa shape index (κ2) is 21.2. The molecular weight excluding hydrogens is 610 g/mol. The minimum Gasteiger partial charge on any atom is -0.486 e. The van der Waals surface area contributed by atoms with Crippen LogP contribution in [0.2, 0.25) is 0 Å². The first-order chi connectivity index (χ1) is 23.9. The molecule has 1 aliphatic heterocycles. The molecule has 258 valence electrons. The highest BCUT2D eigenvalue weighted by molar-refractivity contribution is 5.89. The molecule has 0 bridgehead atoms. The second-order valence-corrected chi connectivity index (χ2v) is 12.6. The summed E-state index contributed by atoms with van der Waals surface area (Å²) in [5.74, 6) is -1.21. The third-order valence-corrected chi connectivity index (χ3v) is 8.79. The molecule has 7 heteroatoms. The Labute approximate surface area is 293 Å². The van der Waals surface area contributed by atoms with Crippen LogP contribution in [0, 0.1) is 17.9 Å². The van der Waals surface area contributed by atoms with Gasteiger partial charge in [-0.05, 0) is 109 Å². The van der Waals surface area contributed by atoms with Gasteiger partial charge in [0, 0.05) is 17.9 Å². The monoisotopic (exact) mass is 661 g/mol. The molecule has 0 amide bonds. The summed E-state index contributed by atoms with van der Waals surface area (Å²) in [4.78, 5) is 28.3. The summed E-state index contributed by atoms with van der Waals surface area (Å²) in [5.41, 5.74) is 8.48. The molecule has 3 rings (SSSR count). The van der Waals surface area contributed by atoms with Crippen molar-refractivity contribution >= 4 is 36.0 Å². The van der Waals surface area contributed by atoms with E-state index in [1.54, 1.807) is 6.08 Å². The first-order valence-electron chi connectivity index (χ1n) is 17.9. The van der Waals surface area contributed by atoms with E-state index in [0.717, 1.165) is 106 Å². The second-order valence-electron chi connectivity index (χ2n) is 12.6. The molecule has 49 heavy (non-hydrogen) atoms. The fourth-order valence-electron chi connectivity index (χ4n) is 6.24. The normalized spacial score (nSPS) is 13.5. The Hall–Kier alpha value is -4.88. The molecule has 0 saturated carbocycles. The van der Waals surface area contributed by atoms with Gasteiger partial charge in [0.15, 0.2) is 0 Å². The number of carbonyl (C=O) groups is 2. The smallest absolute Gasteiger partial charge is 0.333 e. The van der Waals surface area contributed by atoms with Crippen molar-refractivity contribution in [2.24, 2.45) is 0 Å². The molecule has 1 N–H and O–H groups in total. The maximum atomic E-state index is 11.6. The minimum atomic E-state index is -1.20. The largest absolute Gasteiger partial charge is 0.486 e. The molecule has 0 spiro atoms. The number of carboxylic acids is 1. The first-order valence-corrected chi connectivity index (χ1v) is 17.9. The number of aryl methyl sites for hydroxylation is 2. The highest BCUT2D eigenvalue weighted by atomic mass is 16.5. The average molecular weight is 662 g/mol. The lowest BCUT2D eigenvalue weighted by Crippen LogP contribution is -2.20. The summed E-state index contributed by atoms with van der Waals surface area (Å²) < 4.78 is 4.90. The number of unbranched alkanes of at least 4 members (excludes halogenated alkanes) is 7. The Bertz CT molecular complexity index is 1630. The van der Waals surface area contributed by atoms with Gasteiger partial charge in [0.05, 0.1) is 6.57 Å². The van der Waals surface area contributed by atoms with Gasteiger partial charge < -0.3 is 14.7 Å². The van der Waals surface area contributed by atoms with Crippen molar-refractivity contribution in [2.75, 3.05) is 11.4 Å². The van der Waals surface area contributed by atoms with E-state index in [0.29, 0.717) is 6.47 Å². The van der Waals surface area contributed by atoms with E-state index in [4.69, 9.17) is 11.3 Å². The fourth-order valence-corrected chi connectivity index (χ4v) is 6.24. The molecule has 0 fully saturated rings. The lowest BCUT2D eigenvalue weighted by Gasteiger charge is -2.27. The number of hydrogen-bond donors (Lipinski definition) is 1. The van der Waals surface area contributed by atoms with E-state index in [1.807, 2.05) is 12.1 Å². The van der Waals surface area contributed by atoms with E-state index >= 15 is 0 Å². The van der Waals surface area contributed by atoms with E-state index in [2.05, 4.69) is 73.0 Å². The number of rotatable bonds is 20. The Morgan fingerprint density at radius 1 is 0.857 bits per heavy atom. The van der Waals surface area contributed by atoms with Crippen molar-refractivity contribution in [1.29, 1.82) is 5.26 Å². The van der Waals surface area contributed by atoms with Crippen LogP contribution in [0.5, 0.6) is 0 Å². The van der Waals surface area contributed by atoms with E-state index in [1.165, 1.54) is 41.4 Å². The van der Waals surface area contributed by atoms with Crippen molar-refractivity contribution < 1.29 is 19.4 Å². The van der Waals surface area contributed by atoms with Crippen LogP contribution in [-0.2, 0) is 27.2 Å². The zero-order chi connectivity index (χ0) is 35.4. The number of carboxylic acid groups (broad SMARTS) is 1. The molecular formula is C42H51N3O4. The summed E-state index contributed by atoms with van der Waals surface area (Å²) in [5, 5.41) is 19.0. The Morgan fingerprint density at radius 3 is 1.86 bits per heavy atom. The molecule has 1 heterocycles. The summed E-state index contributed by atoms with van der Waals surface area (Å²) in [6.07, 6.45) is 21.3. The lowest BCUT2D eigenvalue weighted by molar-refractivity contribution is -0.132. The zero-order valence-corrected chi connectivity index (χ0v) is 29.5. The molecule has 0 aromatic heterocycles. The number of nitriles is 1. The molecule has 0 unspecified atom stereocenters. The van der Waals surface area contributed by atoms with E-state index < -0.39 is 5.97 Å². The molecule has 0 atom stereocenters. The van der Waals surface area contributed by atoms with Crippen LogP contribution >= 0.6 is 0 Å². The van der Waals surface area contributed by atoms with Crippen LogP contribution in [0.25, 0.3) is 17.0 Å². The average Bonchev–Trinajstić information content (AvgIpc) is 3.24. The standard InChI is InChI=1S/C42H51N3O4/c1-5-8-11-14-23-45-40-21-17-34(24-32(15-12-9-6-2)28-38(30-43)49-31-46)26-36(40)19-20-37-27-35(18-22-41(37)45)25-33(16-13-10-7-3)29-39(44-4)42(47)48/h17-18,21-22,24-29,31H,5-16,19-20,23H2,1-3H3,(H,47,48)/b32-24+,33-25+,38-28-,39-29+. The van der Waals surface area contributed by atoms with Crippen LogP contribution in [-0.4, -0.2) is 24.1 Å². The molecule has 0 saturated heterocycles. The third kappa shape index (κ3) is 12.3. The number of fused-ring (bicyclic) bond motifs is 2. The number of ether oxygens (including phenoxy) is 1. The van der Waals surface area contributed by atoms with Gasteiger partial charge in [0.1, 0.15) is 6.07 Å². The van der Waals surface area contributed by atoms with Crippen LogP contribution in [0.15, 0.2) is 71.2 Å². The molecule has 2 aromatic rings. The van der Waals surface area contributed by atoms with Gasteiger partial charge in [-0.25, -0.2) is 4.85 Å². The van der Waals surface area contributed by atoms with Crippen LogP contribution in [0.1, 0.15) is 120 Å². The van der Waals surface area contributed by atoms with Gasteiger partial charge in [0.25, 0.3) is 12.2 Å².